The third kappa shape index (κ3) is 2.87. The highest BCUT2D eigenvalue weighted by molar-refractivity contribution is 8.01. The molecular formula is C14H19NO2S. The Morgan fingerprint density at radius 2 is 2.22 bits per heavy atom. The van der Waals surface area contributed by atoms with Gasteiger partial charge in [0, 0.05) is 4.90 Å². The van der Waals surface area contributed by atoms with Crippen LogP contribution in [0, 0.1) is 5.92 Å². The van der Waals surface area contributed by atoms with Gasteiger partial charge in [0.1, 0.15) is 0 Å². The number of hydrogen-bond acceptors (Lipinski definition) is 3. The molecule has 1 aliphatic rings. The molecule has 2 rings (SSSR count). The first-order valence-corrected chi connectivity index (χ1v) is 7.15. The van der Waals surface area contributed by atoms with Crippen LogP contribution in [0.5, 0.6) is 0 Å². The van der Waals surface area contributed by atoms with E-state index in [1.807, 2.05) is 26.0 Å². The second kappa shape index (κ2) is 5.76. The zero-order valence-electron chi connectivity index (χ0n) is 10.7. The molecule has 0 aliphatic carbocycles. The smallest absolute Gasteiger partial charge is 0.234 e. The summed E-state index contributed by atoms with van der Waals surface area (Å²) in [6.45, 7) is 3.99. The molecule has 18 heavy (non-hydrogen) atoms. The van der Waals surface area contributed by atoms with Crippen molar-refractivity contribution in [3.63, 3.8) is 0 Å². The van der Waals surface area contributed by atoms with Gasteiger partial charge in [-0.3, -0.25) is 4.79 Å². The summed E-state index contributed by atoms with van der Waals surface area (Å²) < 4.78 is 0. The van der Waals surface area contributed by atoms with Crippen LogP contribution in [0.2, 0.25) is 0 Å². The van der Waals surface area contributed by atoms with Crippen molar-refractivity contribution in [3.05, 3.63) is 29.8 Å². The van der Waals surface area contributed by atoms with Crippen LogP contribution in [-0.4, -0.2) is 28.9 Å². The number of carbonyl (C=O) groups is 1. The lowest BCUT2D eigenvalue weighted by atomic mass is 10.0. The predicted octanol–water partition coefficient (Wildman–Crippen LogP) is 1.84. The summed E-state index contributed by atoms with van der Waals surface area (Å²) in [6, 6.07) is 7.98. The number of rotatable bonds is 4. The Hall–Kier alpha value is -1.00. The predicted molar refractivity (Wildman–Crippen MR) is 73.6 cm³/mol. The minimum atomic E-state index is -0.151. The first kappa shape index (κ1) is 13.4. The Kier molecular flexibility index (Phi) is 4.30. The summed E-state index contributed by atoms with van der Waals surface area (Å²) >= 11 is 1.61. The topological polar surface area (TPSA) is 49.3 Å². The molecule has 0 radical (unpaired) electrons. The van der Waals surface area contributed by atoms with Crippen molar-refractivity contribution in [1.82, 2.24) is 5.32 Å². The second-order valence-electron chi connectivity index (χ2n) is 4.96. The number of carbonyl (C=O) groups excluding carboxylic acids is 1. The average molecular weight is 265 g/mol. The van der Waals surface area contributed by atoms with E-state index in [-0.39, 0.29) is 29.7 Å². The molecule has 0 fully saturated rings. The molecule has 1 aromatic carbocycles. The van der Waals surface area contributed by atoms with Gasteiger partial charge >= 0.3 is 0 Å². The van der Waals surface area contributed by atoms with E-state index in [2.05, 4.69) is 17.4 Å². The number of hydrogen-bond donors (Lipinski definition) is 2. The largest absolute Gasteiger partial charge is 0.394 e. The van der Waals surface area contributed by atoms with E-state index in [1.54, 1.807) is 11.8 Å². The Labute approximate surface area is 112 Å². The van der Waals surface area contributed by atoms with Crippen molar-refractivity contribution in [2.45, 2.75) is 36.5 Å². The Morgan fingerprint density at radius 1 is 1.50 bits per heavy atom. The first-order valence-electron chi connectivity index (χ1n) is 6.27. The van der Waals surface area contributed by atoms with E-state index in [9.17, 15) is 9.90 Å². The fourth-order valence-electron chi connectivity index (χ4n) is 2.03. The van der Waals surface area contributed by atoms with Crippen molar-refractivity contribution in [2.24, 2.45) is 5.92 Å². The third-order valence-corrected chi connectivity index (χ3v) is 4.59. The number of aliphatic hydroxyl groups excluding tert-OH is 1. The van der Waals surface area contributed by atoms with E-state index in [0.29, 0.717) is 0 Å². The molecule has 3 nitrogen and oxygen atoms in total. The van der Waals surface area contributed by atoms with Crippen molar-refractivity contribution in [1.29, 1.82) is 0 Å². The van der Waals surface area contributed by atoms with Gasteiger partial charge in [-0.05, 0) is 24.0 Å². The summed E-state index contributed by atoms with van der Waals surface area (Å²) in [5.74, 6) is 0.275. The number of amides is 1. The fourth-order valence-corrected chi connectivity index (χ4v) is 3.23. The molecule has 1 aliphatic heterocycles. The molecule has 4 heteroatoms. The molecule has 0 bridgehead atoms. The molecular weight excluding hydrogens is 246 g/mol. The van der Waals surface area contributed by atoms with Gasteiger partial charge in [-0.15, -0.1) is 11.8 Å². The van der Waals surface area contributed by atoms with E-state index < -0.39 is 0 Å². The SMILES string of the molecule is CC(C)[C@@H](CO)NC(=O)C1Cc2ccccc2S1. The maximum Gasteiger partial charge on any atom is 0.234 e. The number of fused-ring (bicyclic) bond motifs is 1. The lowest BCUT2D eigenvalue weighted by Gasteiger charge is -2.21. The minimum absolute atomic E-state index is 0.00621. The summed E-state index contributed by atoms with van der Waals surface area (Å²) in [5, 5.41) is 12.1. The molecule has 0 aromatic heterocycles. The third-order valence-electron chi connectivity index (χ3n) is 3.27. The summed E-state index contributed by atoms with van der Waals surface area (Å²) in [6.07, 6.45) is 0.781. The van der Waals surface area contributed by atoms with Gasteiger partial charge < -0.3 is 10.4 Å². The highest BCUT2D eigenvalue weighted by Gasteiger charge is 2.29. The van der Waals surface area contributed by atoms with Gasteiger partial charge in [0.05, 0.1) is 17.9 Å². The number of thioether (sulfide) groups is 1. The monoisotopic (exact) mass is 265 g/mol. The van der Waals surface area contributed by atoms with Crippen LogP contribution in [0.3, 0.4) is 0 Å². The van der Waals surface area contributed by atoms with E-state index in [4.69, 9.17) is 0 Å². The van der Waals surface area contributed by atoms with Crippen LogP contribution < -0.4 is 5.32 Å². The quantitative estimate of drug-likeness (QED) is 0.873. The molecule has 0 saturated carbocycles. The van der Waals surface area contributed by atoms with E-state index >= 15 is 0 Å². The number of benzene rings is 1. The maximum absolute atomic E-state index is 12.1. The van der Waals surface area contributed by atoms with Gasteiger partial charge in [0.15, 0.2) is 0 Å². The van der Waals surface area contributed by atoms with Crippen molar-refractivity contribution in [2.75, 3.05) is 6.61 Å². The standard InChI is InChI=1S/C14H19NO2S/c1-9(2)11(8-16)15-14(17)13-7-10-5-3-4-6-12(10)18-13/h3-6,9,11,13,16H,7-8H2,1-2H3,(H,15,17)/t11-,13?/m1/s1. The van der Waals surface area contributed by atoms with Gasteiger partial charge in [0.2, 0.25) is 5.91 Å². The van der Waals surface area contributed by atoms with Crippen LogP contribution in [0.15, 0.2) is 29.2 Å². The molecule has 1 heterocycles. The minimum Gasteiger partial charge on any atom is -0.394 e. The van der Waals surface area contributed by atoms with Crippen LogP contribution in [0.25, 0.3) is 0 Å². The first-order chi connectivity index (χ1) is 8.61. The van der Waals surface area contributed by atoms with E-state index in [1.165, 1.54) is 10.5 Å². The lowest BCUT2D eigenvalue weighted by molar-refractivity contribution is -0.121. The maximum atomic E-state index is 12.1. The van der Waals surface area contributed by atoms with Crippen molar-refractivity contribution >= 4 is 17.7 Å². The van der Waals surface area contributed by atoms with Crippen LogP contribution in [0.1, 0.15) is 19.4 Å². The summed E-state index contributed by atoms with van der Waals surface area (Å²) in [5.41, 5.74) is 1.24. The van der Waals surface area contributed by atoms with Gasteiger partial charge in [-0.2, -0.15) is 0 Å². The Bertz CT molecular complexity index is 409. The van der Waals surface area contributed by atoms with Gasteiger partial charge in [-0.25, -0.2) is 0 Å². The van der Waals surface area contributed by atoms with Gasteiger partial charge in [0.25, 0.3) is 0 Å². The Morgan fingerprint density at radius 3 is 2.83 bits per heavy atom. The molecule has 1 amide bonds. The normalized spacial score (nSPS) is 19.7. The van der Waals surface area contributed by atoms with Crippen LogP contribution in [0.4, 0.5) is 0 Å². The van der Waals surface area contributed by atoms with Crippen molar-refractivity contribution < 1.29 is 9.90 Å². The average Bonchev–Trinajstić information content (AvgIpc) is 2.79. The Balaban J connectivity index is 1.97. The molecule has 98 valence electrons. The molecule has 1 unspecified atom stereocenters. The summed E-state index contributed by atoms with van der Waals surface area (Å²) in [7, 11) is 0. The molecule has 0 spiro atoms. The fraction of sp³-hybridized carbons (Fsp3) is 0.500. The van der Waals surface area contributed by atoms with Crippen LogP contribution in [-0.2, 0) is 11.2 Å². The number of aliphatic hydroxyl groups is 1. The second-order valence-corrected chi connectivity index (χ2v) is 6.20. The molecule has 1 aromatic rings. The molecule has 2 atom stereocenters. The molecule has 0 saturated heterocycles. The van der Waals surface area contributed by atoms with Gasteiger partial charge in [-0.1, -0.05) is 32.0 Å². The lowest BCUT2D eigenvalue weighted by Crippen LogP contribution is -2.44. The summed E-state index contributed by atoms with van der Waals surface area (Å²) in [4.78, 5) is 13.3. The zero-order chi connectivity index (χ0) is 13.1. The van der Waals surface area contributed by atoms with Crippen molar-refractivity contribution in [3.8, 4) is 0 Å². The zero-order valence-corrected chi connectivity index (χ0v) is 11.5. The highest BCUT2D eigenvalue weighted by atomic mass is 32.2. The number of nitrogens with one attached hydrogen (secondary N) is 1. The van der Waals surface area contributed by atoms with E-state index in [0.717, 1.165) is 6.42 Å². The van der Waals surface area contributed by atoms with Crippen LogP contribution >= 0.6 is 11.8 Å². The highest BCUT2D eigenvalue weighted by Crippen LogP contribution is 2.36. The molecule has 2 N–H and O–H groups in total.